The lowest BCUT2D eigenvalue weighted by Gasteiger charge is -2.24. The third-order valence-corrected chi connectivity index (χ3v) is 3.73. The first kappa shape index (κ1) is 15.0. The Kier molecular flexibility index (Phi) is 5.59. The van der Waals surface area contributed by atoms with Gasteiger partial charge in [0.15, 0.2) is 5.13 Å². The van der Waals surface area contributed by atoms with Crippen LogP contribution in [0.3, 0.4) is 0 Å². The lowest BCUT2D eigenvalue weighted by molar-refractivity contribution is 0.255. The second-order valence-corrected chi connectivity index (χ2v) is 5.31. The zero-order valence-corrected chi connectivity index (χ0v) is 12.2. The zero-order chi connectivity index (χ0) is 12.3. The molecule has 3 nitrogen and oxygen atoms in total. The average Bonchev–Trinajstić information content (AvgIpc) is 2.75. The molecule has 98 valence electrons. The molecule has 0 aliphatic rings. The van der Waals surface area contributed by atoms with E-state index in [2.05, 4.69) is 48.1 Å². The molecule has 2 N–H and O–H groups in total. The van der Waals surface area contributed by atoms with Crippen molar-refractivity contribution in [2.24, 2.45) is 0 Å². The van der Waals surface area contributed by atoms with Crippen molar-refractivity contribution >= 4 is 28.9 Å². The monoisotopic (exact) mass is 283 g/mol. The zero-order valence-electron chi connectivity index (χ0n) is 10.5. The highest BCUT2D eigenvalue weighted by atomic mass is 35.5. The van der Waals surface area contributed by atoms with Gasteiger partial charge in [0, 0.05) is 23.7 Å². The summed E-state index contributed by atoms with van der Waals surface area (Å²) in [6.45, 7) is 3.09. The summed E-state index contributed by atoms with van der Waals surface area (Å²) in [6, 6.07) is 10.9. The Hall–Kier alpha value is -1.10. The molecule has 1 unspecified atom stereocenters. The summed E-state index contributed by atoms with van der Waals surface area (Å²) in [6.07, 6.45) is 1.86. The summed E-state index contributed by atoms with van der Waals surface area (Å²) in [4.78, 5) is 7.57. The van der Waals surface area contributed by atoms with Crippen molar-refractivity contribution in [3.63, 3.8) is 0 Å². The number of halogens is 1. The molecule has 1 aromatic heterocycles. The van der Waals surface area contributed by atoms with E-state index in [-0.39, 0.29) is 12.4 Å². The average molecular weight is 284 g/mol. The molecule has 0 saturated heterocycles. The van der Waals surface area contributed by atoms with Crippen molar-refractivity contribution in [3.05, 3.63) is 47.0 Å². The molecular weight excluding hydrogens is 266 g/mol. The number of aromatic nitrogens is 1. The largest absolute Gasteiger partial charge is 0.375 e. The molecule has 1 atom stereocenters. The Morgan fingerprint density at radius 3 is 2.56 bits per heavy atom. The van der Waals surface area contributed by atoms with Gasteiger partial charge in [-0.25, -0.2) is 4.98 Å². The van der Waals surface area contributed by atoms with Crippen LogP contribution >= 0.6 is 23.7 Å². The van der Waals surface area contributed by atoms with Crippen molar-refractivity contribution in [1.82, 2.24) is 9.88 Å². The Morgan fingerprint density at radius 1 is 1.33 bits per heavy atom. The Morgan fingerprint density at radius 2 is 2.00 bits per heavy atom. The van der Waals surface area contributed by atoms with Crippen molar-refractivity contribution in [2.75, 3.05) is 12.8 Å². The van der Waals surface area contributed by atoms with Gasteiger partial charge in [0.2, 0.25) is 0 Å². The van der Waals surface area contributed by atoms with E-state index in [0.29, 0.717) is 11.2 Å². The predicted octanol–water partition coefficient (Wildman–Crippen LogP) is 3.34. The highest BCUT2D eigenvalue weighted by Gasteiger charge is 2.12. The quantitative estimate of drug-likeness (QED) is 0.936. The molecule has 0 bridgehead atoms. The van der Waals surface area contributed by atoms with Gasteiger partial charge in [0.25, 0.3) is 0 Å². The van der Waals surface area contributed by atoms with Crippen molar-refractivity contribution in [2.45, 2.75) is 19.5 Å². The van der Waals surface area contributed by atoms with E-state index in [0.717, 1.165) is 6.54 Å². The Bertz CT molecular complexity index is 472. The maximum atomic E-state index is 5.63. The number of nitrogens with zero attached hydrogens (tertiary/aromatic N) is 2. The fraction of sp³-hybridized carbons (Fsp3) is 0.308. The smallest absolute Gasteiger partial charge is 0.180 e. The van der Waals surface area contributed by atoms with Crippen LogP contribution in [0.4, 0.5) is 5.13 Å². The first-order valence-corrected chi connectivity index (χ1v) is 6.44. The van der Waals surface area contributed by atoms with Crippen LogP contribution in [0.1, 0.15) is 23.4 Å². The molecule has 18 heavy (non-hydrogen) atoms. The van der Waals surface area contributed by atoms with E-state index in [4.69, 9.17) is 5.73 Å². The minimum atomic E-state index is 0. The molecule has 1 heterocycles. The lowest BCUT2D eigenvalue weighted by Crippen LogP contribution is -2.21. The first-order valence-electron chi connectivity index (χ1n) is 5.62. The fourth-order valence-corrected chi connectivity index (χ4v) is 2.51. The molecular formula is C13H18ClN3S. The number of nitrogens with two attached hydrogens (primary N) is 1. The SMILES string of the molecule is CC(c1ccccc1)N(C)Cc1cnc(N)s1.Cl. The van der Waals surface area contributed by atoms with Crippen LogP contribution in [-0.4, -0.2) is 16.9 Å². The van der Waals surface area contributed by atoms with Crippen molar-refractivity contribution in [3.8, 4) is 0 Å². The molecule has 0 aliphatic carbocycles. The number of rotatable bonds is 4. The number of hydrogen-bond donors (Lipinski definition) is 1. The van der Waals surface area contributed by atoms with E-state index in [9.17, 15) is 0 Å². The second-order valence-electron chi connectivity index (χ2n) is 4.17. The van der Waals surface area contributed by atoms with Crippen LogP contribution in [0, 0.1) is 0 Å². The summed E-state index contributed by atoms with van der Waals surface area (Å²) in [7, 11) is 2.12. The van der Waals surface area contributed by atoms with Gasteiger partial charge in [-0.2, -0.15) is 0 Å². The molecule has 0 radical (unpaired) electrons. The number of nitrogen functional groups attached to an aromatic ring is 1. The second kappa shape index (κ2) is 6.73. The topological polar surface area (TPSA) is 42.2 Å². The van der Waals surface area contributed by atoms with Crippen molar-refractivity contribution < 1.29 is 0 Å². The molecule has 2 aromatic rings. The van der Waals surface area contributed by atoms with E-state index in [1.165, 1.54) is 10.4 Å². The highest BCUT2D eigenvalue weighted by Crippen LogP contribution is 2.23. The minimum Gasteiger partial charge on any atom is -0.375 e. The molecule has 2 rings (SSSR count). The normalized spacial score (nSPS) is 12.2. The fourth-order valence-electron chi connectivity index (χ4n) is 1.76. The van der Waals surface area contributed by atoms with Crippen LogP contribution in [0.5, 0.6) is 0 Å². The third-order valence-electron chi connectivity index (χ3n) is 2.92. The minimum absolute atomic E-state index is 0. The van der Waals surface area contributed by atoms with E-state index in [1.807, 2.05) is 12.3 Å². The molecule has 0 amide bonds. The van der Waals surface area contributed by atoms with Crippen molar-refractivity contribution in [1.29, 1.82) is 0 Å². The molecule has 5 heteroatoms. The maximum Gasteiger partial charge on any atom is 0.180 e. The van der Waals surface area contributed by atoms with Gasteiger partial charge in [0.1, 0.15) is 0 Å². The summed E-state index contributed by atoms with van der Waals surface area (Å²) < 4.78 is 0. The van der Waals surface area contributed by atoms with E-state index in [1.54, 1.807) is 11.3 Å². The van der Waals surface area contributed by atoms with Gasteiger partial charge in [-0.15, -0.1) is 23.7 Å². The lowest BCUT2D eigenvalue weighted by atomic mass is 10.1. The summed E-state index contributed by atoms with van der Waals surface area (Å²) in [5.41, 5.74) is 6.96. The predicted molar refractivity (Wildman–Crippen MR) is 80.1 cm³/mol. The van der Waals surface area contributed by atoms with Crippen LogP contribution < -0.4 is 5.73 Å². The van der Waals surface area contributed by atoms with Gasteiger partial charge in [0.05, 0.1) is 0 Å². The van der Waals surface area contributed by atoms with Gasteiger partial charge in [-0.1, -0.05) is 30.3 Å². The molecule has 0 saturated carbocycles. The van der Waals surface area contributed by atoms with Crippen LogP contribution in [-0.2, 0) is 6.54 Å². The third kappa shape index (κ3) is 3.70. The molecule has 0 fully saturated rings. The molecule has 0 spiro atoms. The van der Waals surface area contributed by atoms with Crippen LogP contribution in [0.15, 0.2) is 36.5 Å². The van der Waals surface area contributed by atoms with Crippen LogP contribution in [0.2, 0.25) is 0 Å². The number of benzene rings is 1. The molecule has 0 aliphatic heterocycles. The standard InChI is InChI=1S/C13H17N3S.ClH/c1-10(11-6-4-3-5-7-11)16(2)9-12-8-15-13(14)17-12;/h3-8,10H,9H2,1-2H3,(H2,14,15);1H. The van der Waals surface area contributed by atoms with Gasteiger partial charge < -0.3 is 5.73 Å². The van der Waals surface area contributed by atoms with Gasteiger partial charge in [-0.3, -0.25) is 4.90 Å². The van der Waals surface area contributed by atoms with Gasteiger partial charge >= 0.3 is 0 Å². The Balaban J connectivity index is 0.00000162. The molecule has 1 aromatic carbocycles. The maximum absolute atomic E-state index is 5.63. The number of hydrogen-bond acceptors (Lipinski definition) is 4. The summed E-state index contributed by atoms with van der Waals surface area (Å²) >= 11 is 1.55. The van der Waals surface area contributed by atoms with Crippen LogP contribution in [0.25, 0.3) is 0 Å². The van der Waals surface area contributed by atoms with E-state index < -0.39 is 0 Å². The van der Waals surface area contributed by atoms with Gasteiger partial charge in [-0.05, 0) is 19.5 Å². The first-order chi connectivity index (χ1) is 8.16. The Labute approximate surface area is 118 Å². The summed E-state index contributed by atoms with van der Waals surface area (Å²) in [5.74, 6) is 0. The highest BCUT2D eigenvalue weighted by molar-refractivity contribution is 7.15. The summed E-state index contributed by atoms with van der Waals surface area (Å²) in [5, 5.41) is 0.640. The number of thiazole rings is 1. The number of anilines is 1. The van der Waals surface area contributed by atoms with E-state index >= 15 is 0 Å².